The largest absolute Gasteiger partial charge is 0.507 e. The van der Waals surface area contributed by atoms with E-state index in [2.05, 4.69) is 5.32 Å². The molecule has 1 atom stereocenters. The average molecular weight is 251 g/mol. The number of methoxy groups -OCH3 is 1. The summed E-state index contributed by atoms with van der Waals surface area (Å²) >= 11 is 0. The zero-order valence-electron chi connectivity index (χ0n) is 10.5. The van der Waals surface area contributed by atoms with Gasteiger partial charge in [0.15, 0.2) is 0 Å². The van der Waals surface area contributed by atoms with Gasteiger partial charge >= 0.3 is 5.97 Å². The molecular weight excluding hydrogens is 234 g/mol. The van der Waals surface area contributed by atoms with E-state index in [9.17, 15) is 9.90 Å². The van der Waals surface area contributed by atoms with Crippen LogP contribution in [0.1, 0.15) is 35.7 Å². The van der Waals surface area contributed by atoms with Crippen LogP contribution in [-0.2, 0) is 5.54 Å². The van der Waals surface area contributed by atoms with Crippen LogP contribution < -0.4 is 10.1 Å². The van der Waals surface area contributed by atoms with Gasteiger partial charge < -0.3 is 20.3 Å². The van der Waals surface area contributed by atoms with Crippen LogP contribution in [0.5, 0.6) is 11.5 Å². The van der Waals surface area contributed by atoms with Crippen molar-refractivity contribution in [3.8, 4) is 11.5 Å². The van der Waals surface area contributed by atoms with Crippen molar-refractivity contribution in [2.75, 3.05) is 13.7 Å². The number of carboxylic acids is 1. The third-order valence-electron chi connectivity index (χ3n) is 3.51. The van der Waals surface area contributed by atoms with Crippen molar-refractivity contribution in [2.24, 2.45) is 0 Å². The molecule has 1 unspecified atom stereocenters. The summed E-state index contributed by atoms with van der Waals surface area (Å²) < 4.78 is 5.25. The second-order valence-corrected chi connectivity index (χ2v) is 4.74. The molecule has 0 aliphatic carbocycles. The maximum Gasteiger partial charge on any atom is 0.339 e. The number of nitrogens with one attached hydrogen (secondary N) is 1. The first kappa shape index (κ1) is 12.7. The van der Waals surface area contributed by atoms with Crippen LogP contribution in [0, 0.1) is 0 Å². The number of hydrogen-bond donors (Lipinski definition) is 3. The first-order chi connectivity index (χ1) is 8.48. The molecule has 1 aromatic carbocycles. The van der Waals surface area contributed by atoms with Crippen molar-refractivity contribution >= 4 is 5.97 Å². The lowest BCUT2D eigenvalue weighted by atomic mass is 9.88. The van der Waals surface area contributed by atoms with E-state index < -0.39 is 5.97 Å². The minimum absolute atomic E-state index is 0.0966. The van der Waals surface area contributed by atoms with E-state index >= 15 is 0 Å². The highest BCUT2D eigenvalue weighted by Crippen LogP contribution is 2.39. The summed E-state index contributed by atoms with van der Waals surface area (Å²) in [6.45, 7) is 2.91. The van der Waals surface area contributed by atoms with E-state index in [0.717, 1.165) is 24.9 Å². The molecule has 98 valence electrons. The van der Waals surface area contributed by atoms with Crippen LogP contribution in [0.15, 0.2) is 12.1 Å². The third-order valence-corrected chi connectivity index (χ3v) is 3.51. The third kappa shape index (κ3) is 2.01. The summed E-state index contributed by atoms with van der Waals surface area (Å²) in [7, 11) is 1.51. The van der Waals surface area contributed by atoms with E-state index in [1.165, 1.54) is 19.2 Å². The number of aromatic carboxylic acids is 1. The number of benzene rings is 1. The molecule has 18 heavy (non-hydrogen) atoms. The number of phenols is 1. The van der Waals surface area contributed by atoms with Crippen molar-refractivity contribution in [3.63, 3.8) is 0 Å². The van der Waals surface area contributed by atoms with Crippen molar-refractivity contribution in [2.45, 2.75) is 25.3 Å². The zero-order valence-corrected chi connectivity index (χ0v) is 10.5. The molecule has 2 rings (SSSR count). The molecule has 0 bridgehead atoms. The summed E-state index contributed by atoms with van der Waals surface area (Å²) in [6, 6.07) is 2.86. The van der Waals surface area contributed by atoms with Crippen LogP contribution >= 0.6 is 0 Å². The highest BCUT2D eigenvalue weighted by molar-refractivity contribution is 5.91. The molecule has 0 spiro atoms. The zero-order chi connectivity index (χ0) is 13.3. The van der Waals surface area contributed by atoms with E-state index in [1.807, 2.05) is 6.92 Å². The van der Waals surface area contributed by atoms with Crippen LogP contribution in [-0.4, -0.2) is 29.8 Å². The SMILES string of the molecule is COc1cc(O)c(C(=O)O)cc1C1(C)CCCN1. The maximum atomic E-state index is 11.1. The van der Waals surface area contributed by atoms with Gasteiger partial charge in [0.25, 0.3) is 0 Å². The first-order valence-corrected chi connectivity index (χ1v) is 5.88. The van der Waals surface area contributed by atoms with E-state index in [-0.39, 0.29) is 16.9 Å². The Kier molecular flexibility index (Phi) is 3.17. The van der Waals surface area contributed by atoms with Crippen LogP contribution in [0.2, 0.25) is 0 Å². The fraction of sp³-hybridized carbons (Fsp3) is 0.462. The van der Waals surface area contributed by atoms with Crippen LogP contribution in [0.25, 0.3) is 0 Å². The minimum atomic E-state index is -1.14. The van der Waals surface area contributed by atoms with Gasteiger partial charge in [-0.1, -0.05) is 0 Å². The van der Waals surface area contributed by atoms with Crippen molar-refractivity contribution < 1.29 is 19.7 Å². The highest BCUT2D eigenvalue weighted by Gasteiger charge is 2.34. The molecule has 1 saturated heterocycles. The first-order valence-electron chi connectivity index (χ1n) is 5.88. The molecule has 1 aliphatic heterocycles. The number of rotatable bonds is 3. The predicted molar refractivity (Wildman–Crippen MR) is 66.2 cm³/mol. The van der Waals surface area contributed by atoms with Crippen LogP contribution in [0.3, 0.4) is 0 Å². The van der Waals surface area contributed by atoms with Crippen LogP contribution in [0.4, 0.5) is 0 Å². The Labute approximate surface area is 105 Å². The van der Waals surface area contributed by atoms with Gasteiger partial charge in [-0.25, -0.2) is 4.79 Å². The monoisotopic (exact) mass is 251 g/mol. The quantitative estimate of drug-likeness (QED) is 0.762. The smallest absolute Gasteiger partial charge is 0.339 e. The molecule has 3 N–H and O–H groups in total. The number of hydrogen-bond acceptors (Lipinski definition) is 4. The van der Waals surface area contributed by atoms with Gasteiger partial charge in [0, 0.05) is 17.2 Å². The standard InChI is InChI=1S/C13H17NO4/c1-13(4-3-5-14-13)9-6-8(12(16)17)10(15)7-11(9)18-2/h6-7,14-15H,3-5H2,1-2H3,(H,16,17). The number of carboxylic acid groups (broad SMARTS) is 1. The Bertz CT molecular complexity index is 478. The van der Waals surface area contributed by atoms with E-state index in [1.54, 1.807) is 0 Å². The maximum absolute atomic E-state index is 11.1. The van der Waals surface area contributed by atoms with Gasteiger partial charge in [0.2, 0.25) is 0 Å². The second-order valence-electron chi connectivity index (χ2n) is 4.74. The predicted octanol–water partition coefficient (Wildman–Crippen LogP) is 1.70. The van der Waals surface area contributed by atoms with Gasteiger partial charge in [0.05, 0.1) is 7.11 Å². The van der Waals surface area contributed by atoms with Gasteiger partial charge in [-0.2, -0.15) is 0 Å². The number of aromatic hydroxyl groups is 1. The molecule has 0 radical (unpaired) electrons. The molecule has 0 aromatic heterocycles. The Morgan fingerprint density at radius 1 is 1.50 bits per heavy atom. The molecule has 1 aliphatic rings. The summed E-state index contributed by atoms with van der Waals surface area (Å²) in [5, 5.41) is 22.1. The molecule has 0 saturated carbocycles. The van der Waals surface area contributed by atoms with Gasteiger partial charge in [-0.05, 0) is 32.4 Å². The van der Waals surface area contributed by atoms with Gasteiger partial charge in [0.1, 0.15) is 17.1 Å². The molecular formula is C13H17NO4. The highest BCUT2D eigenvalue weighted by atomic mass is 16.5. The van der Waals surface area contributed by atoms with Gasteiger partial charge in [-0.15, -0.1) is 0 Å². The fourth-order valence-electron chi connectivity index (χ4n) is 2.46. The Balaban J connectivity index is 2.57. The normalized spacial score (nSPS) is 23.0. The van der Waals surface area contributed by atoms with Crippen molar-refractivity contribution in [1.82, 2.24) is 5.32 Å². The Morgan fingerprint density at radius 3 is 2.72 bits per heavy atom. The summed E-state index contributed by atoms with van der Waals surface area (Å²) in [4.78, 5) is 11.1. The second kappa shape index (κ2) is 4.49. The minimum Gasteiger partial charge on any atom is -0.507 e. The average Bonchev–Trinajstić information content (AvgIpc) is 2.76. The molecule has 1 aromatic rings. The van der Waals surface area contributed by atoms with E-state index in [4.69, 9.17) is 9.84 Å². The molecule has 1 heterocycles. The Hall–Kier alpha value is -1.75. The van der Waals surface area contributed by atoms with Crippen molar-refractivity contribution in [3.05, 3.63) is 23.3 Å². The topological polar surface area (TPSA) is 78.8 Å². The lowest BCUT2D eigenvalue weighted by Crippen LogP contribution is -2.33. The number of carbonyl (C=O) groups is 1. The van der Waals surface area contributed by atoms with E-state index in [0.29, 0.717) is 5.75 Å². The van der Waals surface area contributed by atoms with Gasteiger partial charge in [-0.3, -0.25) is 0 Å². The summed E-state index contributed by atoms with van der Waals surface area (Å²) in [5.41, 5.74) is 0.377. The Morgan fingerprint density at radius 2 is 2.22 bits per heavy atom. The lowest BCUT2D eigenvalue weighted by Gasteiger charge is -2.27. The molecule has 0 amide bonds. The van der Waals surface area contributed by atoms with Crippen molar-refractivity contribution in [1.29, 1.82) is 0 Å². The fourth-order valence-corrected chi connectivity index (χ4v) is 2.46. The molecule has 5 nitrogen and oxygen atoms in total. The lowest BCUT2D eigenvalue weighted by molar-refractivity contribution is 0.0693. The summed E-state index contributed by atoms with van der Waals surface area (Å²) in [6.07, 6.45) is 1.94. The molecule has 5 heteroatoms. The molecule has 1 fully saturated rings. The summed E-state index contributed by atoms with van der Waals surface area (Å²) in [5.74, 6) is -0.905. The number of ether oxygens (including phenoxy) is 1.